The number of nitrogens with one attached hydrogen (secondary N) is 2. The molecule has 0 spiro atoms. The largest absolute Gasteiger partial charge is 0.454 e. The Morgan fingerprint density at radius 3 is 3.05 bits per heavy atom. The molecule has 0 bridgehead atoms. The molecule has 0 aliphatic carbocycles. The van der Waals surface area contributed by atoms with E-state index in [0.29, 0.717) is 18.0 Å². The second kappa shape index (κ2) is 5.07. The highest BCUT2D eigenvalue weighted by atomic mass is 16.7. The zero-order valence-electron chi connectivity index (χ0n) is 11.6. The number of H-pyrrole nitrogens is 1. The number of nitrogens with zero attached hydrogens (tertiary/aromatic N) is 1. The van der Waals surface area contributed by atoms with Crippen LogP contribution in [0.5, 0.6) is 11.5 Å². The standard InChI is InChI=1S/C16H13N3O3/c20-16(13-7-12-11(19-13)2-1-5-17-12)18-8-10-3-4-14-15(6-10)22-9-21-14/h1-7,19H,8-9H2,(H,18,20). The molecule has 1 aliphatic heterocycles. The van der Waals surface area contributed by atoms with Crippen molar-refractivity contribution in [2.24, 2.45) is 0 Å². The Balaban J connectivity index is 1.48. The third kappa shape index (κ3) is 2.24. The second-order valence-electron chi connectivity index (χ2n) is 4.99. The molecule has 0 radical (unpaired) electrons. The number of aromatic amines is 1. The minimum Gasteiger partial charge on any atom is -0.454 e. The van der Waals surface area contributed by atoms with Crippen LogP contribution in [-0.4, -0.2) is 22.7 Å². The molecular formula is C16H13N3O3. The van der Waals surface area contributed by atoms with Crippen LogP contribution < -0.4 is 14.8 Å². The highest BCUT2D eigenvalue weighted by Gasteiger charge is 2.14. The SMILES string of the molecule is O=C(NCc1ccc2c(c1)OCO2)c1cc2ncccc2[nH]1. The Kier molecular flexibility index (Phi) is 2.93. The summed E-state index contributed by atoms with van der Waals surface area (Å²) in [4.78, 5) is 19.4. The minimum atomic E-state index is -0.171. The van der Waals surface area contributed by atoms with Crippen molar-refractivity contribution in [3.63, 3.8) is 0 Å². The molecule has 0 saturated heterocycles. The molecule has 0 atom stereocenters. The van der Waals surface area contributed by atoms with Gasteiger partial charge in [-0.25, -0.2) is 0 Å². The molecule has 3 heterocycles. The summed E-state index contributed by atoms with van der Waals surface area (Å²) in [6.07, 6.45) is 1.70. The number of rotatable bonds is 3. The lowest BCUT2D eigenvalue weighted by Gasteiger charge is -2.05. The average molecular weight is 295 g/mol. The van der Waals surface area contributed by atoms with Gasteiger partial charge < -0.3 is 19.8 Å². The third-order valence-electron chi connectivity index (χ3n) is 3.52. The fourth-order valence-electron chi connectivity index (χ4n) is 2.41. The molecule has 0 fully saturated rings. The van der Waals surface area contributed by atoms with Crippen LogP contribution in [0.25, 0.3) is 11.0 Å². The lowest BCUT2D eigenvalue weighted by molar-refractivity contribution is 0.0946. The van der Waals surface area contributed by atoms with E-state index in [1.807, 2.05) is 30.3 Å². The number of ether oxygens (including phenoxy) is 2. The van der Waals surface area contributed by atoms with E-state index in [0.717, 1.165) is 22.3 Å². The number of pyridine rings is 1. The van der Waals surface area contributed by atoms with Crippen LogP contribution in [0.3, 0.4) is 0 Å². The van der Waals surface area contributed by atoms with Crippen LogP contribution in [-0.2, 0) is 6.54 Å². The van der Waals surface area contributed by atoms with Gasteiger partial charge >= 0.3 is 0 Å². The van der Waals surface area contributed by atoms with E-state index in [9.17, 15) is 4.79 Å². The molecule has 0 saturated carbocycles. The smallest absolute Gasteiger partial charge is 0.268 e. The van der Waals surface area contributed by atoms with Crippen molar-refractivity contribution in [1.82, 2.24) is 15.3 Å². The Morgan fingerprint density at radius 1 is 1.23 bits per heavy atom. The maximum absolute atomic E-state index is 12.2. The summed E-state index contributed by atoms with van der Waals surface area (Å²) in [6.45, 7) is 0.658. The van der Waals surface area contributed by atoms with Gasteiger partial charge in [-0.05, 0) is 35.9 Å². The van der Waals surface area contributed by atoms with Gasteiger partial charge in [0.1, 0.15) is 5.69 Å². The summed E-state index contributed by atoms with van der Waals surface area (Å²) in [7, 11) is 0. The van der Waals surface area contributed by atoms with Crippen molar-refractivity contribution >= 4 is 16.9 Å². The summed E-state index contributed by atoms with van der Waals surface area (Å²) >= 11 is 0. The highest BCUT2D eigenvalue weighted by Crippen LogP contribution is 2.32. The maximum Gasteiger partial charge on any atom is 0.268 e. The molecule has 0 unspecified atom stereocenters. The molecule has 6 nitrogen and oxygen atoms in total. The average Bonchev–Trinajstić information content (AvgIpc) is 3.18. The molecule has 6 heteroatoms. The van der Waals surface area contributed by atoms with Crippen molar-refractivity contribution < 1.29 is 14.3 Å². The quantitative estimate of drug-likeness (QED) is 0.777. The fraction of sp³-hybridized carbons (Fsp3) is 0.125. The number of fused-ring (bicyclic) bond motifs is 2. The number of amides is 1. The number of carbonyl (C=O) groups excluding carboxylic acids is 1. The molecule has 22 heavy (non-hydrogen) atoms. The van der Waals surface area contributed by atoms with Crippen molar-refractivity contribution in [1.29, 1.82) is 0 Å². The van der Waals surface area contributed by atoms with Crippen LogP contribution in [0, 0.1) is 0 Å². The first kappa shape index (κ1) is 12.7. The Morgan fingerprint density at radius 2 is 2.14 bits per heavy atom. The number of carbonyl (C=O) groups is 1. The van der Waals surface area contributed by atoms with Crippen LogP contribution >= 0.6 is 0 Å². The summed E-state index contributed by atoms with van der Waals surface area (Å²) in [6, 6.07) is 11.1. The summed E-state index contributed by atoms with van der Waals surface area (Å²) in [5.41, 5.74) is 3.06. The molecule has 3 aromatic rings. The number of hydrogen-bond donors (Lipinski definition) is 2. The van der Waals surface area contributed by atoms with E-state index in [-0.39, 0.29) is 12.7 Å². The van der Waals surface area contributed by atoms with Crippen molar-refractivity contribution in [3.8, 4) is 11.5 Å². The summed E-state index contributed by atoms with van der Waals surface area (Å²) in [5.74, 6) is 1.27. The van der Waals surface area contributed by atoms with Crippen molar-refractivity contribution in [2.75, 3.05) is 6.79 Å². The zero-order chi connectivity index (χ0) is 14.9. The highest BCUT2D eigenvalue weighted by molar-refractivity contribution is 5.97. The van der Waals surface area contributed by atoms with Gasteiger partial charge in [-0.15, -0.1) is 0 Å². The molecule has 1 aromatic carbocycles. The Hall–Kier alpha value is -3.02. The lowest BCUT2D eigenvalue weighted by Crippen LogP contribution is -2.23. The summed E-state index contributed by atoms with van der Waals surface area (Å²) in [5, 5.41) is 2.87. The first-order valence-corrected chi connectivity index (χ1v) is 6.90. The second-order valence-corrected chi connectivity index (χ2v) is 4.99. The third-order valence-corrected chi connectivity index (χ3v) is 3.52. The number of benzene rings is 1. The first-order valence-electron chi connectivity index (χ1n) is 6.90. The number of hydrogen-bond acceptors (Lipinski definition) is 4. The number of aromatic nitrogens is 2. The first-order chi connectivity index (χ1) is 10.8. The van der Waals surface area contributed by atoms with E-state index in [1.54, 1.807) is 12.3 Å². The van der Waals surface area contributed by atoms with Crippen molar-refractivity contribution in [2.45, 2.75) is 6.54 Å². The van der Waals surface area contributed by atoms with Gasteiger partial charge in [0.05, 0.1) is 11.0 Å². The van der Waals surface area contributed by atoms with Gasteiger partial charge in [0.25, 0.3) is 5.91 Å². The normalized spacial score (nSPS) is 12.5. The fourth-order valence-corrected chi connectivity index (χ4v) is 2.41. The van der Waals surface area contributed by atoms with Crippen LogP contribution in [0.1, 0.15) is 16.1 Å². The van der Waals surface area contributed by atoms with E-state index < -0.39 is 0 Å². The molecule has 4 rings (SSSR count). The zero-order valence-corrected chi connectivity index (χ0v) is 11.6. The molecule has 1 aliphatic rings. The Bertz CT molecular complexity index is 824. The topological polar surface area (TPSA) is 76.2 Å². The summed E-state index contributed by atoms with van der Waals surface area (Å²) < 4.78 is 10.6. The minimum absolute atomic E-state index is 0.171. The van der Waals surface area contributed by atoms with E-state index in [2.05, 4.69) is 15.3 Å². The Labute approximate surface area is 126 Å². The predicted octanol–water partition coefficient (Wildman–Crippen LogP) is 2.22. The van der Waals surface area contributed by atoms with Crippen LogP contribution in [0.4, 0.5) is 0 Å². The van der Waals surface area contributed by atoms with Gasteiger partial charge in [0, 0.05) is 12.7 Å². The predicted molar refractivity (Wildman–Crippen MR) is 79.8 cm³/mol. The molecular weight excluding hydrogens is 282 g/mol. The van der Waals surface area contributed by atoms with Gasteiger partial charge in [0.15, 0.2) is 11.5 Å². The monoisotopic (exact) mass is 295 g/mol. The van der Waals surface area contributed by atoms with E-state index >= 15 is 0 Å². The molecule has 2 N–H and O–H groups in total. The maximum atomic E-state index is 12.2. The van der Waals surface area contributed by atoms with E-state index in [4.69, 9.17) is 9.47 Å². The van der Waals surface area contributed by atoms with Crippen LogP contribution in [0.15, 0.2) is 42.6 Å². The van der Waals surface area contributed by atoms with Gasteiger partial charge in [0.2, 0.25) is 6.79 Å². The van der Waals surface area contributed by atoms with Gasteiger partial charge in [-0.3, -0.25) is 9.78 Å². The van der Waals surface area contributed by atoms with Gasteiger partial charge in [-0.1, -0.05) is 6.07 Å². The molecule has 110 valence electrons. The molecule has 2 aromatic heterocycles. The molecule has 1 amide bonds. The lowest BCUT2D eigenvalue weighted by atomic mass is 10.2. The van der Waals surface area contributed by atoms with Crippen LogP contribution in [0.2, 0.25) is 0 Å². The van der Waals surface area contributed by atoms with Gasteiger partial charge in [-0.2, -0.15) is 0 Å². The van der Waals surface area contributed by atoms with Crippen molar-refractivity contribution in [3.05, 3.63) is 53.9 Å². The van der Waals surface area contributed by atoms with E-state index in [1.165, 1.54) is 0 Å².